The van der Waals surface area contributed by atoms with Gasteiger partial charge in [-0.15, -0.1) is 0 Å². The van der Waals surface area contributed by atoms with Crippen LogP contribution in [0.4, 0.5) is 4.39 Å². The summed E-state index contributed by atoms with van der Waals surface area (Å²) in [6, 6.07) is 12.7. The highest BCUT2D eigenvalue weighted by Gasteiger charge is 2.39. The van der Waals surface area contributed by atoms with Gasteiger partial charge in [0.1, 0.15) is 5.82 Å². The van der Waals surface area contributed by atoms with Crippen LogP contribution < -0.4 is 5.32 Å². The molecule has 1 N–H and O–H groups in total. The van der Waals surface area contributed by atoms with Crippen molar-refractivity contribution < 1.29 is 17.6 Å². The summed E-state index contributed by atoms with van der Waals surface area (Å²) in [4.78, 5) is 12.6. The Balaban J connectivity index is 1.55. The molecule has 0 spiro atoms. The van der Waals surface area contributed by atoms with E-state index in [0.29, 0.717) is 6.42 Å². The lowest BCUT2D eigenvalue weighted by molar-refractivity contribution is -0.124. The molecule has 0 bridgehead atoms. The number of sulfonamides is 1. The minimum Gasteiger partial charge on any atom is -0.347 e. The Hall–Kier alpha value is -1.77. The zero-order valence-corrected chi connectivity index (χ0v) is 18.6. The highest BCUT2D eigenvalue weighted by Crippen LogP contribution is 2.42. The van der Waals surface area contributed by atoms with Crippen molar-refractivity contribution in [3.63, 3.8) is 0 Å². The SMILES string of the molecule is CN(CCCC(=O)NC1(c2cccc(Br)c2)CCC1)S(=O)(=O)c1ccc(F)cc1. The van der Waals surface area contributed by atoms with Crippen LogP contribution >= 0.6 is 15.9 Å². The average Bonchev–Trinajstić information content (AvgIpc) is 2.65. The van der Waals surface area contributed by atoms with Crippen molar-refractivity contribution in [2.45, 2.75) is 42.5 Å². The Morgan fingerprint density at radius 1 is 1.21 bits per heavy atom. The molecule has 156 valence electrons. The van der Waals surface area contributed by atoms with E-state index in [4.69, 9.17) is 0 Å². The molecule has 2 aromatic rings. The lowest BCUT2D eigenvalue weighted by Gasteiger charge is -2.43. The van der Waals surface area contributed by atoms with Crippen LogP contribution in [0, 0.1) is 5.82 Å². The van der Waals surface area contributed by atoms with Crippen LogP contribution in [0.2, 0.25) is 0 Å². The van der Waals surface area contributed by atoms with Crippen molar-refractivity contribution in [3.8, 4) is 0 Å². The Morgan fingerprint density at radius 3 is 2.48 bits per heavy atom. The summed E-state index contributed by atoms with van der Waals surface area (Å²) in [6.45, 7) is 0.205. The van der Waals surface area contributed by atoms with E-state index >= 15 is 0 Å². The Morgan fingerprint density at radius 2 is 1.90 bits per heavy atom. The second-order valence-corrected chi connectivity index (χ2v) is 10.3. The molecule has 0 saturated heterocycles. The quantitative estimate of drug-likeness (QED) is 0.613. The molecule has 0 heterocycles. The average molecular weight is 483 g/mol. The van der Waals surface area contributed by atoms with E-state index in [0.717, 1.165) is 41.4 Å². The van der Waals surface area contributed by atoms with Gasteiger partial charge >= 0.3 is 0 Å². The maximum atomic E-state index is 13.0. The molecule has 29 heavy (non-hydrogen) atoms. The van der Waals surface area contributed by atoms with Gasteiger partial charge in [0.25, 0.3) is 0 Å². The maximum absolute atomic E-state index is 13.0. The molecule has 0 atom stereocenters. The monoisotopic (exact) mass is 482 g/mol. The number of nitrogens with zero attached hydrogens (tertiary/aromatic N) is 1. The minimum absolute atomic E-state index is 0.0360. The van der Waals surface area contributed by atoms with Crippen LogP contribution in [0.5, 0.6) is 0 Å². The van der Waals surface area contributed by atoms with E-state index in [1.165, 1.54) is 23.5 Å². The largest absolute Gasteiger partial charge is 0.347 e. The summed E-state index contributed by atoms with van der Waals surface area (Å²) in [5, 5.41) is 3.15. The highest BCUT2D eigenvalue weighted by molar-refractivity contribution is 9.10. The maximum Gasteiger partial charge on any atom is 0.242 e. The summed E-state index contributed by atoms with van der Waals surface area (Å²) in [5.41, 5.74) is 0.759. The minimum atomic E-state index is -3.70. The summed E-state index contributed by atoms with van der Waals surface area (Å²) in [7, 11) is -2.24. The molecule has 0 unspecified atom stereocenters. The molecule has 5 nitrogen and oxygen atoms in total. The van der Waals surface area contributed by atoms with Crippen molar-refractivity contribution >= 4 is 31.9 Å². The summed E-state index contributed by atoms with van der Waals surface area (Å²) in [5.74, 6) is -0.573. The molecular formula is C21H24BrFN2O3S. The number of carbonyl (C=O) groups excluding carboxylic acids is 1. The first-order valence-corrected chi connectivity index (χ1v) is 11.8. The number of benzene rings is 2. The lowest BCUT2D eigenvalue weighted by Crippen LogP contribution is -2.50. The lowest BCUT2D eigenvalue weighted by atomic mass is 9.71. The smallest absolute Gasteiger partial charge is 0.242 e. The van der Waals surface area contributed by atoms with Gasteiger partial charge in [-0.25, -0.2) is 17.1 Å². The number of hydrogen-bond acceptors (Lipinski definition) is 3. The Labute approximate surface area is 179 Å². The summed E-state index contributed by atoms with van der Waals surface area (Å²) >= 11 is 3.48. The first kappa shape index (κ1) is 21.9. The van der Waals surface area contributed by atoms with Crippen LogP contribution in [-0.2, 0) is 20.4 Å². The molecule has 1 aliphatic rings. The second kappa shape index (κ2) is 8.93. The normalized spacial score (nSPS) is 15.7. The fourth-order valence-electron chi connectivity index (χ4n) is 3.50. The first-order chi connectivity index (χ1) is 13.7. The predicted octanol–water partition coefficient (Wildman–Crippen LogP) is 4.18. The van der Waals surface area contributed by atoms with Gasteiger partial charge in [-0.2, -0.15) is 0 Å². The van der Waals surface area contributed by atoms with Crippen LogP contribution in [0.3, 0.4) is 0 Å². The van der Waals surface area contributed by atoms with Gasteiger partial charge in [-0.05, 0) is 67.6 Å². The highest BCUT2D eigenvalue weighted by atomic mass is 79.9. The van der Waals surface area contributed by atoms with Crippen LogP contribution in [0.25, 0.3) is 0 Å². The fourth-order valence-corrected chi connectivity index (χ4v) is 5.11. The fraction of sp³-hybridized carbons (Fsp3) is 0.381. The molecule has 1 aliphatic carbocycles. The van der Waals surface area contributed by atoms with Crippen molar-refractivity contribution in [1.82, 2.24) is 9.62 Å². The third-order valence-electron chi connectivity index (χ3n) is 5.36. The molecular weight excluding hydrogens is 459 g/mol. The number of nitrogens with one attached hydrogen (secondary N) is 1. The topological polar surface area (TPSA) is 66.5 Å². The zero-order chi connectivity index (χ0) is 21.1. The van der Waals surface area contributed by atoms with E-state index in [2.05, 4.69) is 21.2 Å². The van der Waals surface area contributed by atoms with Crippen molar-refractivity contribution in [2.24, 2.45) is 0 Å². The molecule has 1 saturated carbocycles. The number of halogens is 2. The van der Waals surface area contributed by atoms with Gasteiger partial charge in [0.15, 0.2) is 0 Å². The molecule has 0 aromatic heterocycles. The summed E-state index contributed by atoms with van der Waals surface area (Å²) < 4.78 is 40.2. The number of amides is 1. The number of carbonyl (C=O) groups is 1. The predicted molar refractivity (Wildman–Crippen MR) is 113 cm³/mol. The van der Waals surface area contributed by atoms with Crippen LogP contribution in [0.15, 0.2) is 57.9 Å². The second-order valence-electron chi connectivity index (χ2n) is 7.38. The van der Waals surface area contributed by atoms with E-state index in [1.54, 1.807) is 0 Å². The molecule has 8 heteroatoms. The number of hydrogen-bond donors (Lipinski definition) is 1. The van der Waals surface area contributed by atoms with Gasteiger partial charge in [-0.3, -0.25) is 4.79 Å². The third-order valence-corrected chi connectivity index (χ3v) is 7.73. The van der Waals surface area contributed by atoms with Gasteiger partial charge < -0.3 is 5.32 Å². The van der Waals surface area contributed by atoms with Crippen molar-refractivity contribution in [1.29, 1.82) is 0 Å². The molecule has 2 aromatic carbocycles. The van der Waals surface area contributed by atoms with Crippen LogP contribution in [-0.4, -0.2) is 32.2 Å². The Bertz CT molecular complexity index is 976. The van der Waals surface area contributed by atoms with Gasteiger partial charge in [0.05, 0.1) is 10.4 Å². The van der Waals surface area contributed by atoms with Crippen LogP contribution in [0.1, 0.15) is 37.7 Å². The molecule has 3 rings (SSSR count). The van der Waals surface area contributed by atoms with Gasteiger partial charge in [-0.1, -0.05) is 28.1 Å². The van der Waals surface area contributed by atoms with Crippen molar-refractivity contribution in [3.05, 3.63) is 64.4 Å². The first-order valence-electron chi connectivity index (χ1n) is 9.52. The van der Waals surface area contributed by atoms with E-state index in [-0.39, 0.29) is 29.3 Å². The van der Waals surface area contributed by atoms with E-state index < -0.39 is 15.8 Å². The van der Waals surface area contributed by atoms with Gasteiger partial charge in [0.2, 0.25) is 15.9 Å². The summed E-state index contributed by atoms with van der Waals surface area (Å²) in [6.07, 6.45) is 3.49. The third kappa shape index (κ3) is 5.05. The molecule has 0 radical (unpaired) electrons. The zero-order valence-electron chi connectivity index (χ0n) is 16.2. The van der Waals surface area contributed by atoms with E-state index in [9.17, 15) is 17.6 Å². The van der Waals surface area contributed by atoms with E-state index in [1.807, 2.05) is 24.3 Å². The molecule has 1 fully saturated rings. The molecule has 0 aliphatic heterocycles. The Kier molecular flexibility index (Phi) is 6.76. The van der Waals surface area contributed by atoms with Crippen molar-refractivity contribution in [2.75, 3.05) is 13.6 Å². The standard InChI is InChI=1S/C21H24BrFN2O3S/c1-25(29(27,28)19-10-8-18(23)9-11-19)14-3-7-20(26)24-21(12-4-13-21)16-5-2-6-17(22)15-16/h2,5-6,8-11,15H,3-4,7,12-14H2,1H3,(H,24,26). The molecule has 1 amide bonds. The number of rotatable bonds is 8. The van der Waals surface area contributed by atoms with Gasteiger partial charge in [0, 0.05) is 24.5 Å².